The molecule has 0 saturated carbocycles. The normalized spacial score (nSPS) is 27.1. The molecule has 3 rings (SSSR count). The zero-order valence-corrected chi connectivity index (χ0v) is 10.3. The summed E-state index contributed by atoms with van der Waals surface area (Å²) in [6.45, 7) is -2.82. The first kappa shape index (κ1) is 10.3. The third-order valence-corrected chi connectivity index (χ3v) is 5.12. The smallest absolute Gasteiger partial charge is 0.266 e. The van der Waals surface area contributed by atoms with E-state index in [9.17, 15) is 4.89 Å². The van der Waals surface area contributed by atoms with E-state index in [1.165, 1.54) is 0 Å². The van der Waals surface area contributed by atoms with E-state index in [1.54, 1.807) is 0 Å². The van der Waals surface area contributed by atoms with Crippen molar-refractivity contribution in [3.05, 3.63) is 47.3 Å². The van der Waals surface area contributed by atoms with E-state index in [2.05, 4.69) is 6.08 Å². The van der Waals surface area contributed by atoms with Crippen LogP contribution >= 0.6 is 6.49 Å². The molecule has 0 aromatic heterocycles. The van der Waals surface area contributed by atoms with Crippen molar-refractivity contribution in [2.45, 2.75) is 12.8 Å². The highest BCUT2D eigenvalue weighted by atomic mass is 32.5. The van der Waals surface area contributed by atoms with Gasteiger partial charge in [0.25, 0.3) is 6.49 Å². The van der Waals surface area contributed by atoms with Gasteiger partial charge < -0.3 is 9.42 Å². The molecule has 0 saturated heterocycles. The first-order valence-corrected chi connectivity index (χ1v) is 7.89. The van der Waals surface area contributed by atoms with Crippen LogP contribution in [0.4, 0.5) is 0 Å². The summed E-state index contributed by atoms with van der Waals surface area (Å²) in [6, 6.07) is 7.74. The van der Waals surface area contributed by atoms with Crippen LogP contribution in [0.5, 0.6) is 5.75 Å². The molecular formula is C12H11O2PS. The SMILES string of the molecule is OP1(=S)Oc2ccccc2C2=CCCC=C21. The standard InChI is InChI=1S/C12H11O2PS/c13-15(16)12-8-4-2-6-10(12)9-5-1-3-7-11(9)14-15/h1,3,5-8H,2,4H2,(H,13,16). The van der Waals surface area contributed by atoms with Crippen molar-refractivity contribution < 1.29 is 9.42 Å². The molecule has 1 N–H and O–H groups in total. The first-order chi connectivity index (χ1) is 7.68. The summed E-state index contributed by atoms with van der Waals surface area (Å²) in [4.78, 5) is 10.2. The maximum atomic E-state index is 10.2. The minimum Gasteiger partial charge on any atom is -0.440 e. The number of fused-ring (bicyclic) bond motifs is 3. The van der Waals surface area contributed by atoms with Crippen LogP contribution in [0.25, 0.3) is 5.57 Å². The summed E-state index contributed by atoms with van der Waals surface area (Å²) in [5.41, 5.74) is 2.11. The van der Waals surface area contributed by atoms with Crippen molar-refractivity contribution in [2.75, 3.05) is 0 Å². The number of benzene rings is 1. The topological polar surface area (TPSA) is 29.5 Å². The summed E-state index contributed by atoms with van der Waals surface area (Å²) >= 11 is 5.20. The minimum atomic E-state index is -2.82. The molecule has 0 fully saturated rings. The lowest BCUT2D eigenvalue weighted by atomic mass is 9.98. The average molecular weight is 250 g/mol. The summed E-state index contributed by atoms with van der Waals surface area (Å²) in [5.74, 6) is 0.707. The molecule has 0 radical (unpaired) electrons. The van der Waals surface area contributed by atoms with Gasteiger partial charge in [-0.15, -0.1) is 0 Å². The van der Waals surface area contributed by atoms with Gasteiger partial charge in [0.05, 0.1) is 5.31 Å². The molecule has 1 heterocycles. The van der Waals surface area contributed by atoms with Crippen molar-refractivity contribution in [3.63, 3.8) is 0 Å². The molecule has 1 aliphatic carbocycles. The second kappa shape index (κ2) is 3.56. The summed E-state index contributed by atoms with van der Waals surface area (Å²) in [6.07, 6.45) is 6.10. The fourth-order valence-electron chi connectivity index (χ4n) is 2.13. The van der Waals surface area contributed by atoms with E-state index in [1.807, 2.05) is 30.3 Å². The monoisotopic (exact) mass is 250 g/mol. The first-order valence-electron chi connectivity index (χ1n) is 5.21. The molecular weight excluding hydrogens is 239 g/mol. The van der Waals surface area contributed by atoms with Gasteiger partial charge in [-0.1, -0.05) is 30.4 Å². The van der Waals surface area contributed by atoms with Gasteiger partial charge in [-0.05, 0) is 36.3 Å². The zero-order valence-electron chi connectivity index (χ0n) is 8.59. The highest BCUT2D eigenvalue weighted by molar-refractivity contribution is 8.11. The van der Waals surface area contributed by atoms with Crippen molar-refractivity contribution in [1.82, 2.24) is 0 Å². The third kappa shape index (κ3) is 1.47. The molecule has 2 nitrogen and oxygen atoms in total. The van der Waals surface area contributed by atoms with E-state index < -0.39 is 6.49 Å². The van der Waals surface area contributed by atoms with Gasteiger partial charge in [0.1, 0.15) is 5.75 Å². The number of allylic oxidation sites excluding steroid dienone is 4. The van der Waals surface area contributed by atoms with Crippen LogP contribution < -0.4 is 4.52 Å². The van der Waals surface area contributed by atoms with Crippen molar-refractivity contribution >= 4 is 23.9 Å². The Hall–Kier alpha value is -0.890. The number of para-hydroxylation sites is 1. The lowest BCUT2D eigenvalue weighted by Gasteiger charge is -2.31. The molecule has 0 amide bonds. The Balaban J connectivity index is 2.27. The van der Waals surface area contributed by atoms with Crippen molar-refractivity contribution in [2.24, 2.45) is 0 Å². The molecule has 16 heavy (non-hydrogen) atoms. The fraction of sp³-hybridized carbons (Fsp3) is 0.167. The van der Waals surface area contributed by atoms with Crippen LogP contribution in [0.3, 0.4) is 0 Å². The molecule has 0 bridgehead atoms. The van der Waals surface area contributed by atoms with Crippen LogP contribution in [0, 0.1) is 0 Å². The molecule has 82 valence electrons. The van der Waals surface area contributed by atoms with Crippen LogP contribution in [-0.2, 0) is 11.8 Å². The maximum Gasteiger partial charge on any atom is 0.266 e. The minimum absolute atomic E-state index is 0.707. The van der Waals surface area contributed by atoms with Crippen LogP contribution in [0.1, 0.15) is 18.4 Å². The Morgan fingerprint density at radius 2 is 1.94 bits per heavy atom. The Labute approximate surface area is 99.4 Å². The van der Waals surface area contributed by atoms with Crippen molar-refractivity contribution in [1.29, 1.82) is 0 Å². The van der Waals surface area contributed by atoms with Crippen LogP contribution in [0.2, 0.25) is 0 Å². The molecule has 1 aliphatic heterocycles. The average Bonchev–Trinajstić information content (AvgIpc) is 2.29. The summed E-state index contributed by atoms with van der Waals surface area (Å²) in [5, 5.41) is 0.826. The number of rotatable bonds is 0. The molecule has 1 unspecified atom stereocenters. The van der Waals surface area contributed by atoms with Gasteiger partial charge in [0.2, 0.25) is 0 Å². The quantitative estimate of drug-likeness (QED) is 0.715. The van der Waals surface area contributed by atoms with Gasteiger partial charge in [0, 0.05) is 5.56 Å². The third-order valence-electron chi connectivity index (χ3n) is 2.83. The Morgan fingerprint density at radius 1 is 1.19 bits per heavy atom. The van der Waals surface area contributed by atoms with Crippen molar-refractivity contribution in [3.8, 4) is 5.75 Å². The Kier molecular flexibility index (Phi) is 2.28. The Morgan fingerprint density at radius 3 is 2.81 bits per heavy atom. The number of hydrogen-bond acceptors (Lipinski definition) is 2. The summed E-state index contributed by atoms with van der Waals surface area (Å²) < 4.78 is 5.56. The largest absolute Gasteiger partial charge is 0.440 e. The molecule has 2 aliphatic rings. The Bertz CT molecular complexity index is 560. The van der Waals surface area contributed by atoms with Crippen LogP contribution in [-0.4, -0.2) is 4.89 Å². The highest BCUT2D eigenvalue weighted by Gasteiger charge is 2.33. The summed E-state index contributed by atoms with van der Waals surface area (Å²) in [7, 11) is 0. The van der Waals surface area contributed by atoms with Gasteiger partial charge in [-0.2, -0.15) is 0 Å². The molecule has 1 aromatic rings. The molecule has 1 atom stereocenters. The van der Waals surface area contributed by atoms with Gasteiger partial charge in [0.15, 0.2) is 0 Å². The van der Waals surface area contributed by atoms with E-state index in [0.717, 1.165) is 29.3 Å². The predicted octanol–water partition coefficient (Wildman–Crippen LogP) is 3.44. The zero-order chi connectivity index (χ0) is 11.2. The molecule has 4 heteroatoms. The van der Waals surface area contributed by atoms with Gasteiger partial charge in [-0.25, -0.2) is 0 Å². The lowest BCUT2D eigenvalue weighted by molar-refractivity contribution is 0.487. The van der Waals surface area contributed by atoms with E-state index in [0.29, 0.717) is 5.75 Å². The van der Waals surface area contributed by atoms with E-state index >= 15 is 0 Å². The lowest BCUT2D eigenvalue weighted by Crippen LogP contribution is -2.08. The maximum absolute atomic E-state index is 10.2. The highest BCUT2D eigenvalue weighted by Crippen LogP contribution is 2.62. The number of hydrogen-bond donors (Lipinski definition) is 1. The molecule has 1 aromatic carbocycles. The van der Waals surface area contributed by atoms with Gasteiger partial charge >= 0.3 is 0 Å². The second-order valence-electron chi connectivity index (χ2n) is 3.89. The fourth-order valence-corrected chi connectivity index (χ4v) is 4.29. The second-order valence-corrected chi connectivity index (χ2v) is 7.08. The predicted molar refractivity (Wildman–Crippen MR) is 68.9 cm³/mol. The van der Waals surface area contributed by atoms with Gasteiger partial charge in [-0.3, -0.25) is 0 Å². The van der Waals surface area contributed by atoms with Crippen LogP contribution in [0.15, 0.2) is 41.7 Å². The van der Waals surface area contributed by atoms with E-state index in [4.69, 9.17) is 16.3 Å². The molecule has 0 spiro atoms. The van der Waals surface area contributed by atoms with E-state index in [-0.39, 0.29) is 0 Å².